The summed E-state index contributed by atoms with van der Waals surface area (Å²) in [6.07, 6.45) is 4.01. The molecule has 7 nitrogen and oxygen atoms in total. The van der Waals surface area contributed by atoms with E-state index in [0.717, 1.165) is 26.2 Å². The van der Waals surface area contributed by atoms with Gasteiger partial charge in [-0.2, -0.15) is 0 Å². The molecule has 0 aliphatic carbocycles. The van der Waals surface area contributed by atoms with Gasteiger partial charge in [0, 0.05) is 30.6 Å². The molecule has 3 rings (SSSR count). The van der Waals surface area contributed by atoms with Gasteiger partial charge in [-0.1, -0.05) is 0 Å². The van der Waals surface area contributed by atoms with Gasteiger partial charge in [0.25, 0.3) is 5.69 Å². The van der Waals surface area contributed by atoms with E-state index >= 15 is 0 Å². The molecule has 2 heterocycles. The average Bonchev–Trinajstić information content (AvgIpc) is 3.00. The van der Waals surface area contributed by atoms with Gasteiger partial charge in [0.15, 0.2) is 0 Å². The van der Waals surface area contributed by atoms with E-state index in [-0.39, 0.29) is 5.69 Å². The van der Waals surface area contributed by atoms with Crippen LogP contribution in [-0.4, -0.2) is 46.0 Å². The first-order chi connectivity index (χ1) is 10.2. The van der Waals surface area contributed by atoms with Crippen molar-refractivity contribution in [1.29, 1.82) is 0 Å². The standard InChI is InChI=1S/C14H17N5O2/c20-19(21)11-3-4-13-12(9-11)14(17-10-16-13)15-5-8-18-6-1-2-7-18/h3-4,9-10H,1-2,5-8H2,(H,15,16,17). The minimum absolute atomic E-state index is 0.0555. The van der Waals surface area contributed by atoms with Crippen LogP contribution in [0.1, 0.15) is 12.8 Å². The highest BCUT2D eigenvalue weighted by molar-refractivity contribution is 5.90. The SMILES string of the molecule is O=[N+]([O-])c1ccc2ncnc(NCCN3CCCC3)c2c1. The minimum atomic E-state index is -0.402. The second-order valence-electron chi connectivity index (χ2n) is 5.16. The zero-order valence-corrected chi connectivity index (χ0v) is 11.7. The van der Waals surface area contributed by atoms with E-state index in [1.54, 1.807) is 6.07 Å². The predicted octanol–water partition coefficient (Wildman–Crippen LogP) is 2.05. The average molecular weight is 287 g/mol. The second-order valence-corrected chi connectivity index (χ2v) is 5.16. The fourth-order valence-electron chi connectivity index (χ4n) is 2.64. The molecular weight excluding hydrogens is 270 g/mol. The van der Waals surface area contributed by atoms with Crippen molar-refractivity contribution in [1.82, 2.24) is 14.9 Å². The molecule has 1 N–H and O–H groups in total. The van der Waals surface area contributed by atoms with Gasteiger partial charge in [-0.15, -0.1) is 0 Å². The molecule has 1 aliphatic heterocycles. The molecule has 1 fully saturated rings. The minimum Gasteiger partial charge on any atom is -0.368 e. The molecule has 7 heteroatoms. The largest absolute Gasteiger partial charge is 0.368 e. The number of likely N-dealkylation sites (tertiary alicyclic amines) is 1. The smallest absolute Gasteiger partial charge is 0.270 e. The van der Waals surface area contributed by atoms with Crippen LogP contribution < -0.4 is 5.32 Å². The van der Waals surface area contributed by atoms with E-state index in [0.29, 0.717) is 16.7 Å². The van der Waals surface area contributed by atoms with Gasteiger partial charge in [0.05, 0.1) is 10.4 Å². The number of benzene rings is 1. The Labute approximate surface area is 122 Å². The number of rotatable bonds is 5. The zero-order chi connectivity index (χ0) is 14.7. The molecule has 1 saturated heterocycles. The number of non-ortho nitro benzene ring substituents is 1. The summed E-state index contributed by atoms with van der Waals surface area (Å²) in [6.45, 7) is 4.03. The number of hydrogen-bond donors (Lipinski definition) is 1. The highest BCUT2D eigenvalue weighted by Crippen LogP contribution is 2.24. The fraction of sp³-hybridized carbons (Fsp3) is 0.429. The second kappa shape index (κ2) is 6.01. The number of nitro benzene ring substituents is 1. The first kappa shape index (κ1) is 13.7. The Kier molecular flexibility index (Phi) is 3.92. The van der Waals surface area contributed by atoms with Crippen molar-refractivity contribution in [3.8, 4) is 0 Å². The number of hydrogen-bond acceptors (Lipinski definition) is 6. The van der Waals surface area contributed by atoms with E-state index in [2.05, 4.69) is 20.2 Å². The number of nitro groups is 1. The van der Waals surface area contributed by atoms with E-state index < -0.39 is 4.92 Å². The Hall–Kier alpha value is -2.28. The van der Waals surface area contributed by atoms with E-state index in [4.69, 9.17) is 0 Å². The topological polar surface area (TPSA) is 84.2 Å². The molecule has 0 amide bonds. The summed E-state index contributed by atoms with van der Waals surface area (Å²) in [5, 5.41) is 14.8. The molecule has 1 aromatic heterocycles. The van der Waals surface area contributed by atoms with Crippen LogP contribution in [0.25, 0.3) is 10.9 Å². The predicted molar refractivity (Wildman–Crippen MR) is 80.4 cm³/mol. The molecule has 2 aromatic rings. The number of fused-ring (bicyclic) bond motifs is 1. The normalized spacial score (nSPS) is 15.4. The first-order valence-corrected chi connectivity index (χ1v) is 7.09. The molecule has 1 aromatic carbocycles. The van der Waals surface area contributed by atoms with Gasteiger partial charge < -0.3 is 10.2 Å². The van der Waals surface area contributed by atoms with Crippen molar-refractivity contribution in [3.05, 3.63) is 34.6 Å². The Balaban J connectivity index is 1.76. The lowest BCUT2D eigenvalue weighted by Gasteiger charge is -2.15. The number of nitrogens with one attached hydrogen (secondary N) is 1. The Morgan fingerprint density at radius 3 is 2.86 bits per heavy atom. The molecule has 0 spiro atoms. The lowest BCUT2D eigenvalue weighted by Crippen LogP contribution is -2.26. The van der Waals surface area contributed by atoms with Gasteiger partial charge in [-0.05, 0) is 32.0 Å². The van der Waals surface area contributed by atoms with Crippen molar-refractivity contribution in [2.75, 3.05) is 31.5 Å². The van der Waals surface area contributed by atoms with Crippen LogP contribution in [0.5, 0.6) is 0 Å². The van der Waals surface area contributed by atoms with Crippen molar-refractivity contribution in [3.63, 3.8) is 0 Å². The maximum absolute atomic E-state index is 10.9. The zero-order valence-electron chi connectivity index (χ0n) is 11.7. The highest BCUT2D eigenvalue weighted by Gasteiger charge is 2.12. The molecule has 0 saturated carbocycles. The Morgan fingerprint density at radius 2 is 2.10 bits per heavy atom. The third-order valence-electron chi connectivity index (χ3n) is 3.75. The van der Waals surface area contributed by atoms with Gasteiger partial charge in [0.2, 0.25) is 0 Å². The number of nitrogens with zero attached hydrogens (tertiary/aromatic N) is 4. The molecular formula is C14H17N5O2. The van der Waals surface area contributed by atoms with Crippen molar-refractivity contribution >= 4 is 22.4 Å². The fourth-order valence-corrected chi connectivity index (χ4v) is 2.64. The Morgan fingerprint density at radius 1 is 1.29 bits per heavy atom. The van der Waals surface area contributed by atoms with E-state index in [1.165, 1.54) is 31.3 Å². The summed E-state index contributed by atoms with van der Waals surface area (Å²) in [5.41, 5.74) is 0.763. The van der Waals surface area contributed by atoms with Crippen LogP contribution in [0.3, 0.4) is 0 Å². The maximum Gasteiger partial charge on any atom is 0.270 e. The first-order valence-electron chi connectivity index (χ1n) is 7.09. The summed E-state index contributed by atoms with van der Waals surface area (Å²) in [5.74, 6) is 0.655. The Bertz CT molecular complexity index is 655. The van der Waals surface area contributed by atoms with Gasteiger partial charge in [-0.3, -0.25) is 10.1 Å². The van der Waals surface area contributed by atoms with Crippen LogP contribution in [0, 0.1) is 10.1 Å². The van der Waals surface area contributed by atoms with Crippen molar-refractivity contribution in [2.45, 2.75) is 12.8 Å². The lowest BCUT2D eigenvalue weighted by atomic mass is 10.2. The summed E-state index contributed by atoms with van der Waals surface area (Å²) < 4.78 is 0. The van der Waals surface area contributed by atoms with Crippen molar-refractivity contribution < 1.29 is 4.92 Å². The monoisotopic (exact) mass is 287 g/mol. The molecule has 0 unspecified atom stereocenters. The van der Waals surface area contributed by atoms with Crippen LogP contribution in [0.2, 0.25) is 0 Å². The highest BCUT2D eigenvalue weighted by atomic mass is 16.6. The molecule has 21 heavy (non-hydrogen) atoms. The molecule has 110 valence electrons. The summed E-state index contributed by atoms with van der Waals surface area (Å²) in [7, 11) is 0. The van der Waals surface area contributed by atoms with Crippen LogP contribution >= 0.6 is 0 Å². The quantitative estimate of drug-likeness (QED) is 0.669. The van der Waals surface area contributed by atoms with Crippen LogP contribution in [0.4, 0.5) is 11.5 Å². The maximum atomic E-state index is 10.9. The summed E-state index contributed by atoms with van der Waals surface area (Å²) >= 11 is 0. The lowest BCUT2D eigenvalue weighted by molar-refractivity contribution is -0.384. The van der Waals surface area contributed by atoms with Crippen LogP contribution in [-0.2, 0) is 0 Å². The molecule has 0 atom stereocenters. The molecule has 0 radical (unpaired) electrons. The van der Waals surface area contributed by atoms with Gasteiger partial charge in [-0.25, -0.2) is 9.97 Å². The molecule has 1 aliphatic rings. The third-order valence-corrected chi connectivity index (χ3v) is 3.75. The third kappa shape index (κ3) is 3.08. The van der Waals surface area contributed by atoms with Crippen molar-refractivity contribution in [2.24, 2.45) is 0 Å². The summed E-state index contributed by atoms with van der Waals surface area (Å²) in [6, 6.07) is 4.64. The number of anilines is 1. The summed E-state index contributed by atoms with van der Waals surface area (Å²) in [4.78, 5) is 21.2. The van der Waals surface area contributed by atoms with Gasteiger partial charge >= 0.3 is 0 Å². The molecule has 0 bridgehead atoms. The van der Waals surface area contributed by atoms with Crippen LogP contribution in [0.15, 0.2) is 24.5 Å². The number of aromatic nitrogens is 2. The van der Waals surface area contributed by atoms with E-state index in [9.17, 15) is 10.1 Å². The van der Waals surface area contributed by atoms with Gasteiger partial charge in [0.1, 0.15) is 12.1 Å². The van der Waals surface area contributed by atoms with E-state index in [1.807, 2.05) is 0 Å².